The SMILES string of the molecule is Br.Br.CCCN(CCCCCN1CCC[C@@H]1Cc1ccc(O)c(O)c1)CCc1ccc(O)cc1. The molecule has 1 aliphatic heterocycles. The summed E-state index contributed by atoms with van der Waals surface area (Å²) in [5, 5.41) is 28.7. The van der Waals surface area contributed by atoms with Gasteiger partial charge in [0.05, 0.1) is 0 Å². The lowest BCUT2D eigenvalue weighted by Crippen LogP contribution is -2.32. The first kappa shape index (κ1) is 30.8. The van der Waals surface area contributed by atoms with Crippen LogP contribution in [0.3, 0.4) is 0 Å². The number of hydrogen-bond acceptors (Lipinski definition) is 5. The molecule has 0 radical (unpaired) electrons. The van der Waals surface area contributed by atoms with Gasteiger partial charge in [0.1, 0.15) is 5.75 Å². The molecule has 3 rings (SSSR count). The maximum absolute atomic E-state index is 9.76. The number of nitrogens with zero attached hydrogens (tertiary/aromatic N) is 2. The Morgan fingerprint density at radius 3 is 2.29 bits per heavy atom. The van der Waals surface area contributed by atoms with Crippen LogP contribution in [0.4, 0.5) is 0 Å². The van der Waals surface area contributed by atoms with Crippen LogP contribution in [0.1, 0.15) is 56.6 Å². The number of hydrogen-bond donors (Lipinski definition) is 3. The molecule has 3 N–H and O–H groups in total. The zero-order valence-corrected chi connectivity index (χ0v) is 23.8. The van der Waals surface area contributed by atoms with Crippen molar-refractivity contribution in [2.75, 3.05) is 32.7 Å². The molecule has 0 aliphatic carbocycles. The Kier molecular flexibility index (Phi) is 14.8. The van der Waals surface area contributed by atoms with Crippen molar-refractivity contribution >= 4 is 34.0 Å². The van der Waals surface area contributed by atoms with Gasteiger partial charge in [0.15, 0.2) is 11.5 Å². The fourth-order valence-corrected chi connectivity index (χ4v) is 4.82. The summed E-state index contributed by atoms with van der Waals surface area (Å²) in [4.78, 5) is 5.18. The quantitative estimate of drug-likeness (QED) is 0.191. The minimum atomic E-state index is -0.0442. The van der Waals surface area contributed by atoms with Gasteiger partial charge in [-0.25, -0.2) is 0 Å². The largest absolute Gasteiger partial charge is 0.508 e. The van der Waals surface area contributed by atoms with E-state index in [0.29, 0.717) is 11.8 Å². The van der Waals surface area contributed by atoms with Crippen molar-refractivity contribution in [1.29, 1.82) is 0 Å². The molecule has 7 heteroatoms. The minimum absolute atomic E-state index is 0. The van der Waals surface area contributed by atoms with E-state index in [4.69, 9.17) is 0 Å². The molecule has 1 saturated heterocycles. The highest BCUT2D eigenvalue weighted by molar-refractivity contribution is 8.93. The summed E-state index contributed by atoms with van der Waals surface area (Å²) in [5.41, 5.74) is 2.38. The second-order valence-electron chi connectivity index (χ2n) is 9.18. The highest BCUT2D eigenvalue weighted by Gasteiger charge is 2.24. The molecule has 0 bridgehead atoms. The minimum Gasteiger partial charge on any atom is -0.508 e. The van der Waals surface area contributed by atoms with Crippen molar-refractivity contribution in [3.63, 3.8) is 0 Å². The lowest BCUT2D eigenvalue weighted by atomic mass is 10.0. The van der Waals surface area contributed by atoms with Crippen molar-refractivity contribution in [3.8, 4) is 17.2 Å². The number of phenolic OH excluding ortho intramolecular Hbond substituents is 3. The van der Waals surface area contributed by atoms with E-state index in [0.717, 1.165) is 44.6 Å². The first-order chi connectivity index (χ1) is 15.5. The average Bonchev–Trinajstić information content (AvgIpc) is 3.22. The average molecular weight is 602 g/mol. The number of halogens is 2. The predicted octanol–water partition coefficient (Wildman–Crippen LogP) is 6.09. The van der Waals surface area contributed by atoms with Gasteiger partial charge in [0.25, 0.3) is 0 Å². The highest BCUT2D eigenvalue weighted by Crippen LogP contribution is 2.28. The van der Waals surface area contributed by atoms with Crippen LogP contribution in [0, 0.1) is 0 Å². The van der Waals surface area contributed by atoms with Crippen LogP contribution in [0.2, 0.25) is 0 Å². The summed E-state index contributed by atoms with van der Waals surface area (Å²) in [6, 6.07) is 13.3. The van der Waals surface area contributed by atoms with Crippen molar-refractivity contribution in [2.24, 2.45) is 0 Å². The molecule has 5 nitrogen and oxygen atoms in total. The van der Waals surface area contributed by atoms with Crippen LogP contribution in [-0.2, 0) is 12.8 Å². The fraction of sp³-hybridized carbons (Fsp3) is 0.556. The van der Waals surface area contributed by atoms with Crippen LogP contribution in [-0.4, -0.2) is 63.9 Å². The van der Waals surface area contributed by atoms with E-state index in [1.807, 2.05) is 18.2 Å². The van der Waals surface area contributed by atoms with E-state index in [1.165, 1.54) is 50.6 Å². The summed E-state index contributed by atoms with van der Waals surface area (Å²) in [7, 11) is 0. The lowest BCUT2D eigenvalue weighted by molar-refractivity contribution is 0.238. The van der Waals surface area contributed by atoms with Gasteiger partial charge < -0.3 is 25.1 Å². The smallest absolute Gasteiger partial charge is 0.157 e. The van der Waals surface area contributed by atoms with E-state index < -0.39 is 0 Å². The molecule has 0 unspecified atom stereocenters. The maximum atomic E-state index is 9.76. The van der Waals surface area contributed by atoms with Crippen molar-refractivity contribution in [2.45, 2.75) is 64.3 Å². The Hall–Kier alpha value is -1.28. The van der Waals surface area contributed by atoms with Crippen LogP contribution < -0.4 is 0 Å². The number of likely N-dealkylation sites (tertiary alicyclic amines) is 1. The second kappa shape index (κ2) is 16.4. The Morgan fingerprint density at radius 2 is 1.59 bits per heavy atom. The molecule has 0 saturated carbocycles. The van der Waals surface area contributed by atoms with Crippen molar-refractivity contribution in [3.05, 3.63) is 53.6 Å². The molecule has 2 aromatic carbocycles. The maximum Gasteiger partial charge on any atom is 0.157 e. The van der Waals surface area contributed by atoms with Gasteiger partial charge >= 0.3 is 0 Å². The Bertz CT molecular complexity index is 820. The van der Waals surface area contributed by atoms with Crippen LogP contribution in [0.15, 0.2) is 42.5 Å². The Labute approximate surface area is 226 Å². The van der Waals surface area contributed by atoms with Gasteiger partial charge in [-0.2, -0.15) is 0 Å². The summed E-state index contributed by atoms with van der Waals surface area (Å²) in [6.45, 7) is 7.94. The first-order valence-electron chi connectivity index (χ1n) is 12.3. The number of aromatic hydroxyl groups is 3. The Morgan fingerprint density at radius 1 is 0.853 bits per heavy atom. The van der Waals surface area contributed by atoms with Gasteiger partial charge in [0, 0.05) is 12.6 Å². The molecular weight excluding hydrogens is 560 g/mol. The predicted molar refractivity (Wildman–Crippen MR) is 151 cm³/mol. The third-order valence-electron chi connectivity index (χ3n) is 6.62. The zero-order chi connectivity index (χ0) is 22.8. The van der Waals surface area contributed by atoms with Gasteiger partial charge in [0.2, 0.25) is 0 Å². The van der Waals surface area contributed by atoms with Crippen LogP contribution in [0.25, 0.3) is 0 Å². The molecule has 1 heterocycles. The third-order valence-corrected chi connectivity index (χ3v) is 6.62. The molecule has 34 heavy (non-hydrogen) atoms. The fourth-order valence-electron chi connectivity index (χ4n) is 4.82. The normalized spacial score (nSPS) is 15.8. The van der Waals surface area contributed by atoms with E-state index in [-0.39, 0.29) is 45.5 Å². The van der Waals surface area contributed by atoms with Crippen LogP contribution in [0.5, 0.6) is 17.2 Å². The van der Waals surface area contributed by atoms with Gasteiger partial charge in [-0.1, -0.05) is 31.5 Å². The summed E-state index contributed by atoms with van der Waals surface area (Å²) >= 11 is 0. The van der Waals surface area contributed by atoms with E-state index >= 15 is 0 Å². The molecule has 0 amide bonds. The standard InChI is InChI=1S/C27H40N2O3.2BrH/c1-2-15-28(19-14-22-8-11-25(30)12-9-22)16-4-3-5-17-29-18-6-7-24(29)20-23-10-13-26(31)27(32)21-23;;/h8-13,21,24,30-32H,2-7,14-20H2,1H3;2*1H/t24-;;/m1../s1. The number of phenols is 3. The highest BCUT2D eigenvalue weighted by atomic mass is 79.9. The van der Waals surface area contributed by atoms with Crippen molar-refractivity contribution in [1.82, 2.24) is 9.80 Å². The molecule has 1 atom stereocenters. The Balaban J connectivity index is 0.00000289. The van der Waals surface area contributed by atoms with E-state index in [2.05, 4.69) is 16.7 Å². The molecule has 1 aliphatic rings. The molecule has 0 spiro atoms. The summed E-state index contributed by atoms with van der Waals surface area (Å²) in [5.74, 6) is 0.270. The molecular formula is C27H42Br2N2O3. The molecule has 192 valence electrons. The summed E-state index contributed by atoms with van der Waals surface area (Å²) in [6.07, 6.45) is 9.33. The van der Waals surface area contributed by atoms with Crippen LogP contribution >= 0.6 is 34.0 Å². The summed E-state index contributed by atoms with van der Waals surface area (Å²) < 4.78 is 0. The number of rotatable bonds is 13. The molecule has 1 fully saturated rings. The van der Waals surface area contributed by atoms with E-state index in [1.54, 1.807) is 24.3 Å². The lowest BCUT2D eigenvalue weighted by Gasteiger charge is -2.25. The van der Waals surface area contributed by atoms with Crippen molar-refractivity contribution < 1.29 is 15.3 Å². The molecule has 2 aromatic rings. The number of unbranched alkanes of at least 4 members (excludes halogenated alkanes) is 2. The third kappa shape index (κ3) is 10.1. The van der Waals surface area contributed by atoms with Gasteiger partial charge in [-0.3, -0.25) is 0 Å². The van der Waals surface area contributed by atoms with E-state index in [9.17, 15) is 15.3 Å². The monoisotopic (exact) mass is 600 g/mol. The molecule has 0 aromatic heterocycles. The first-order valence-corrected chi connectivity index (χ1v) is 12.3. The van der Waals surface area contributed by atoms with Gasteiger partial charge in [-0.15, -0.1) is 34.0 Å². The van der Waals surface area contributed by atoms with Gasteiger partial charge in [-0.05, 0) is 107 Å². The zero-order valence-electron chi connectivity index (χ0n) is 20.4. The number of benzene rings is 2. The topological polar surface area (TPSA) is 67.2 Å². The second-order valence-corrected chi connectivity index (χ2v) is 9.18.